The monoisotopic (exact) mass is 348 g/mol. The number of nitrogens with zero attached hydrogens (tertiary/aromatic N) is 2. The molecule has 0 saturated carbocycles. The maximum Gasteiger partial charge on any atom is 0.250 e. The molecule has 2 aromatic heterocycles. The number of Topliss-reactive ketones (excluding diaryl/α,β-unsaturated/α-hetero) is 1. The van der Waals surface area contributed by atoms with E-state index in [1.54, 1.807) is 18.2 Å². The predicted molar refractivity (Wildman–Crippen MR) is 91.6 cm³/mol. The number of aromatic nitrogens is 1. The fourth-order valence-corrected chi connectivity index (χ4v) is 4.84. The highest BCUT2D eigenvalue weighted by molar-refractivity contribution is 7.18. The molecule has 2 bridgehead atoms. The van der Waals surface area contributed by atoms with Crippen LogP contribution in [0.4, 0.5) is 0 Å². The molecule has 4 rings (SSSR count). The van der Waals surface area contributed by atoms with E-state index < -0.39 is 0 Å². The van der Waals surface area contributed by atoms with Crippen molar-refractivity contribution in [2.24, 2.45) is 5.92 Å². The van der Waals surface area contributed by atoms with Crippen molar-refractivity contribution in [2.45, 2.75) is 18.9 Å². The summed E-state index contributed by atoms with van der Waals surface area (Å²) < 4.78 is 2.56. The van der Waals surface area contributed by atoms with Gasteiger partial charge in [-0.3, -0.25) is 14.5 Å². The van der Waals surface area contributed by atoms with Crippen molar-refractivity contribution in [3.63, 3.8) is 0 Å². The maximum atomic E-state index is 12.4. The van der Waals surface area contributed by atoms with Gasteiger partial charge in [0.05, 0.1) is 15.8 Å². The molecule has 2 aliphatic rings. The van der Waals surface area contributed by atoms with Crippen LogP contribution in [-0.4, -0.2) is 34.9 Å². The number of ketones is 1. The topological polar surface area (TPSA) is 42.3 Å². The third-order valence-corrected chi connectivity index (χ3v) is 6.04. The Morgan fingerprint density at radius 1 is 1.22 bits per heavy atom. The van der Waals surface area contributed by atoms with Crippen molar-refractivity contribution in [3.8, 4) is 0 Å². The third kappa shape index (κ3) is 2.89. The zero-order chi connectivity index (χ0) is 16.0. The van der Waals surface area contributed by atoms with Crippen LogP contribution in [0.25, 0.3) is 0 Å². The summed E-state index contributed by atoms with van der Waals surface area (Å²) in [6, 6.07) is 9.09. The van der Waals surface area contributed by atoms with Crippen molar-refractivity contribution < 1.29 is 4.79 Å². The van der Waals surface area contributed by atoms with Gasteiger partial charge in [0.25, 0.3) is 5.56 Å². The number of carbonyl (C=O) groups excluding carboxylic acids is 1. The first-order valence-corrected chi connectivity index (χ1v) is 9.00. The Morgan fingerprint density at radius 3 is 2.87 bits per heavy atom. The summed E-state index contributed by atoms with van der Waals surface area (Å²) in [5.41, 5.74) is 1.21. The lowest BCUT2D eigenvalue weighted by molar-refractivity contribution is 0.0821. The first kappa shape index (κ1) is 15.1. The molecule has 0 radical (unpaired) electrons. The number of fused-ring (bicyclic) bond motifs is 4. The molecule has 4 nitrogen and oxygen atoms in total. The normalized spacial score (nSPS) is 23.5. The highest BCUT2D eigenvalue weighted by Crippen LogP contribution is 2.35. The number of hydrogen-bond acceptors (Lipinski definition) is 4. The van der Waals surface area contributed by atoms with E-state index in [0.717, 1.165) is 36.6 Å². The van der Waals surface area contributed by atoms with Gasteiger partial charge in [-0.2, -0.15) is 0 Å². The molecular formula is C17H17ClN2O2S. The van der Waals surface area contributed by atoms with Crippen molar-refractivity contribution in [2.75, 3.05) is 19.6 Å². The van der Waals surface area contributed by atoms with Gasteiger partial charge in [-0.25, -0.2) is 0 Å². The van der Waals surface area contributed by atoms with Crippen LogP contribution in [0.15, 0.2) is 35.1 Å². The third-order valence-electron chi connectivity index (χ3n) is 4.77. The quantitative estimate of drug-likeness (QED) is 0.801. The van der Waals surface area contributed by atoms with Gasteiger partial charge >= 0.3 is 0 Å². The number of halogens is 1. The van der Waals surface area contributed by atoms with Gasteiger partial charge in [-0.1, -0.05) is 17.7 Å². The average molecular weight is 349 g/mol. The standard InChI is InChI=1S/C17H17ClN2O2S/c18-16-5-4-15(23-16)14(21)10-19-7-11-6-12(9-19)13-2-1-3-17(22)20(13)8-11/h1-5,11-12H,6-10H2. The summed E-state index contributed by atoms with van der Waals surface area (Å²) in [6.07, 6.45) is 1.11. The Kier molecular flexibility index (Phi) is 3.87. The van der Waals surface area contributed by atoms with Crippen LogP contribution in [0, 0.1) is 5.92 Å². The molecule has 1 saturated heterocycles. The number of pyridine rings is 1. The Bertz CT molecular complexity index is 813. The van der Waals surface area contributed by atoms with Crippen LogP contribution in [-0.2, 0) is 6.54 Å². The second kappa shape index (κ2) is 5.89. The molecule has 0 spiro atoms. The SMILES string of the molecule is O=C(CN1CC2CC(C1)c1cccc(=O)n1C2)c1ccc(Cl)s1. The van der Waals surface area contributed by atoms with E-state index in [2.05, 4.69) is 4.90 Å². The van der Waals surface area contributed by atoms with Gasteiger partial charge < -0.3 is 4.57 Å². The molecule has 2 aromatic rings. The van der Waals surface area contributed by atoms with Gasteiger partial charge in [-0.05, 0) is 30.5 Å². The summed E-state index contributed by atoms with van der Waals surface area (Å²) in [5, 5.41) is 0. The number of thiophene rings is 1. The number of hydrogen-bond donors (Lipinski definition) is 0. The molecule has 0 aliphatic carbocycles. The van der Waals surface area contributed by atoms with E-state index >= 15 is 0 Å². The van der Waals surface area contributed by atoms with Crippen molar-refractivity contribution in [3.05, 3.63) is 55.6 Å². The first-order valence-electron chi connectivity index (χ1n) is 7.81. The summed E-state index contributed by atoms with van der Waals surface area (Å²) in [6.45, 7) is 2.91. The second-order valence-electron chi connectivity index (χ2n) is 6.42. The van der Waals surface area contributed by atoms with Gasteiger partial charge in [0.2, 0.25) is 0 Å². The van der Waals surface area contributed by atoms with Crippen LogP contribution >= 0.6 is 22.9 Å². The molecule has 2 aliphatic heterocycles. The van der Waals surface area contributed by atoms with E-state index in [1.165, 1.54) is 11.3 Å². The summed E-state index contributed by atoms with van der Waals surface area (Å²) in [4.78, 5) is 27.4. The Morgan fingerprint density at radius 2 is 2.09 bits per heavy atom. The molecule has 4 heterocycles. The average Bonchev–Trinajstić information content (AvgIpc) is 2.95. The Labute approximate surface area is 143 Å². The van der Waals surface area contributed by atoms with E-state index in [4.69, 9.17) is 11.6 Å². The Balaban J connectivity index is 1.52. The molecule has 6 heteroatoms. The summed E-state index contributed by atoms with van der Waals surface area (Å²) in [7, 11) is 0. The summed E-state index contributed by atoms with van der Waals surface area (Å²) >= 11 is 7.26. The fourth-order valence-electron chi connectivity index (χ4n) is 3.87. The van der Waals surface area contributed by atoms with E-state index in [9.17, 15) is 9.59 Å². The molecule has 2 unspecified atom stereocenters. The number of carbonyl (C=O) groups is 1. The van der Waals surface area contributed by atoms with Gasteiger partial charge in [0, 0.05) is 37.3 Å². The maximum absolute atomic E-state index is 12.4. The minimum atomic E-state index is 0.0925. The van der Waals surface area contributed by atoms with Crippen LogP contribution in [0.1, 0.15) is 27.7 Å². The molecule has 0 aromatic carbocycles. The van der Waals surface area contributed by atoms with Crippen molar-refractivity contribution >= 4 is 28.7 Å². The van der Waals surface area contributed by atoms with Gasteiger partial charge in [0.15, 0.2) is 5.78 Å². The molecule has 2 atom stereocenters. The molecule has 1 fully saturated rings. The zero-order valence-electron chi connectivity index (χ0n) is 12.6. The molecule has 23 heavy (non-hydrogen) atoms. The van der Waals surface area contributed by atoms with Crippen LogP contribution in [0.2, 0.25) is 4.34 Å². The van der Waals surface area contributed by atoms with Gasteiger partial charge in [0.1, 0.15) is 0 Å². The molecule has 0 N–H and O–H groups in total. The van der Waals surface area contributed by atoms with Crippen molar-refractivity contribution in [1.82, 2.24) is 9.47 Å². The lowest BCUT2D eigenvalue weighted by Gasteiger charge is -2.42. The predicted octanol–water partition coefficient (Wildman–Crippen LogP) is 2.87. The minimum absolute atomic E-state index is 0.0925. The number of piperidine rings is 1. The molecular weight excluding hydrogens is 332 g/mol. The molecule has 0 amide bonds. The fraction of sp³-hybridized carbons (Fsp3) is 0.412. The minimum Gasteiger partial charge on any atom is -0.312 e. The summed E-state index contributed by atoms with van der Waals surface area (Å²) in [5.74, 6) is 0.921. The van der Waals surface area contributed by atoms with E-state index in [-0.39, 0.29) is 11.3 Å². The number of rotatable bonds is 3. The highest BCUT2D eigenvalue weighted by atomic mass is 35.5. The van der Waals surface area contributed by atoms with Crippen LogP contribution in [0.5, 0.6) is 0 Å². The van der Waals surface area contributed by atoms with Gasteiger partial charge in [-0.15, -0.1) is 11.3 Å². The second-order valence-corrected chi connectivity index (χ2v) is 8.13. The van der Waals surface area contributed by atoms with E-state index in [0.29, 0.717) is 22.7 Å². The van der Waals surface area contributed by atoms with Crippen LogP contribution in [0.3, 0.4) is 0 Å². The van der Waals surface area contributed by atoms with E-state index in [1.807, 2.05) is 16.7 Å². The smallest absolute Gasteiger partial charge is 0.250 e. The molecule has 120 valence electrons. The number of likely N-dealkylation sites (tertiary alicyclic amines) is 1. The van der Waals surface area contributed by atoms with Crippen LogP contribution < -0.4 is 5.56 Å². The highest BCUT2D eigenvalue weighted by Gasteiger charge is 2.35. The Hall–Kier alpha value is -1.43. The largest absolute Gasteiger partial charge is 0.312 e. The first-order chi connectivity index (χ1) is 11.1. The lowest BCUT2D eigenvalue weighted by Crippen LogP contribution is -2.48. The van der Waals surface area contributed by atoms with Crippen molar-refractivity contribution in [1.29, 1.82) is 0 Å². The lowest BCUT2D eigenvalue weighted by atomic mass is 9.83. The zero-order valence-corrected chi connectivity index (χ0v) is 14.1.